The van der Waals surface area contributed by atoms with Gasteiger partial charge in [0.15, 0.2) is 5.60 Å². The molecule has 0 aliphatic carbocycles. The second-order valence-corrected chi connectivity index (χ2v) is 4.77. The molecule has 2 rings (SSSR count). The van der Waals surface area contributed by atoms with E-state index in [9.17, 15) is 5.26 Å². The number of rotatable bonds is 4. The lowest BCUT2D eigenvalue weighted by Gasteiger charge is -2.35. The molecule has 0 N–H and O–H groups in total. The van der Waals surface area contributed by atoms with Crippen molar-refractivity contribution >= 4 is 0 Å². The second kappa shape index (κ2) is 4.51. The smallest absolute Gasteiger partial charge is 0.154 e. The van der Waals surface area contributed by atoms with Crippen LogP contribution in [0.15, 0.2) is 0 Å². The van der Waals surface area contributed by atoms with Gasteiger partial charge in [0, 0.05) is 0 Å². The fourth-order valence-electron chi connectivity index (χ4n) is 2.35. The van der Waals surface area contributed by atoms with Crippen LogP contribution in [0.3, 0.4) is 0 Å². The van der Waals surface area contributed by atoms with Crippen LogP contribution in [0.4, 0.5) is 0 Å². The Bertz CT molecular complexity index is 257. The zero-order valence-electron chi connectivity index (χ0n) is 9.37. The van der Waals surface area contributed by atoms with Crippen molar-refractivity contribution in [3.63, 3.8) is 0 Å². The van der Waals surface area contributed by atoms with Crippen molar-refractivity contribution in [3.8, 4) is 6.07 Å². The lowest BCUT2D eigenvalue weighted by atomic mass is 9.88. The van der Waals surface area contributed by atoms with Crippen molar-refractivity contribution in [2.24, 2.45) is 0 Å². The summed E-state index contributed by atoms with van der Waals surface area (Å²) < 4.78 is 11.0. The second-order valence-electron chi connectivity index (χ2n) is 4.77. The van der Waals surface area contributed by atoms with Gasteiger partial charge in [-0.25, -0.2) is 0 Å². The molecule has 2 heterocycles. The maximum atomic E-state index is 9.23. The first kappa shape index (κ1) is 10.9. The Kier molecular flexibility index (Phi) is 3.28. The summed E-state index contributed by atoms with van der Waals surface area (Å²) in [5, 5.41) is 9.23. The summed E-state index contributed by atoms with van der Waals surface area (Å²) >= 11 is 0. The van der Waals surface area contributed by atoms with Crippen molar-refractivity contribution in [2.75, 3.05) is 6.61 Å². The Morgan fingerprint density at radius 2 is 2.33 bits per heavy atom. The molecule has 3 nitrogen and oxygen atoms in total. The maximum Gasteiger partial charge on any atom is 0.154 e. The Hall–Kier alpha value is -0.590. The van der Waals surface area contributed by atoms with E-state index < -0.39 is 5.60 Å². The minimum Gasteiger partial charge on any atom is -0.373 e. The van der Waals surface area contributed by atoms with Crippen LogP contribution >= 0.6 is 0 Å². The van der Waals surface area contributed by atoms with E-state index in [1.807, 2.05) is 0 Å². The molecule has 0 spiro atoms. The first-order valence-electron chi connectivity index (χ1n) is 5.95. The molecule has 0 bridgehead atoms. The minimum absolute atomic E-state index is 0.246. The Labute approximate surface area is 91.4 Å². The summed E-state index contributed by atoms with van der Waals surface area (Å²) in [4.78, 5) is 0. The molecule has 2 aliphatic heterocycles. The molecule has 3 heteroatoms. The number of ether oxygens (including phenoxy) is 2. The molecular formula is C12H19NO2. The number of nitriles is 1. The van der Waals surface area contributed by atoms with Crippen LogP contribution in [0, 0.1) is 11.3 Å². The Balaban J connectivity index is 1.80. The van der Waals surface area contributed by atoms with Crippen molar-refractivity contribution in [1.82, 2.24) is 0 Å². The van der Waals surface area contributed by atoms with Gasteiger partial charge in [0.1, 0.15) is 0 Å². The maximum absolute atomic E-state index is 9.23. The highest BCUT2D eigenvalue weighted by Crippen LogP contribution is 2.33. The van der Waals surface area contributed by atoms with E-state index in [1.54, 1.807) is 0 Å². The molecule has 3 atom stereocenters. The van der Waals surface area contributed by atoms with Gasteiger partial charge < -0.3 is 9.47 Å². The lowest BCUT2D eigenvalue weighted by molar-refractivity contribution is -0.0909. The predicted octanol–water partition coefficient (Wildman–Crippen LogP) is 2.41. The van der Waals surface area contributed by atoms with Crippen molar-refractivity contribution in [2.45, 2.75) is 63.3 Å². The molecule has 15 heavy (non-hydrogen) atoms. The molecular weight excluding hydrogens is 190 g/mol. The average molecular weight is 209 g/mol. The third kappa shape index (κ3) is 2.93. The zero-order valence-corrected chi connectivity index (χ0v) is 9.37. The predicted molar refractivity (Wildman–Crippen MR) is 56.3 cm³/mol. The number of epoxide rings is 1. The summed E-state index contributed by atoms with van der Waals surface area (Å²) in [5.41, 5.74) is -0.493. The largest absolute Gasteiger partial charge is 0.373 e. The van der Waals surface area contributed by atoms with E-state index in [0.29, 0.717) is 6.10 Å². The van der Waals surface area contributed by atoms with Gasteiger partial charge in [-0.3, -0.25) is 0 Å². The molecule has 0 aromatic carbocycles. The highest BCUT2D eigenvalue weighted by molar-refractivity contribution is 5.04. The van der Waals surface area contributed by atoms with E-state index >= 15 is 0 Å². The molecule has 0 amide bonds. The van der Waals surface area contributed by atoms with Gasteiger partial charge in [-0.1, -0.05) is 0 Å². The Morgan fingerprint density at radius 1 is 1.53 bits per heavy atom. The van der Waals surface area contributed by atoms with Crippen molar-refractivity contribution in [3.05, 3.63) is 0 Å². The van der Waals surface area contributed by atoms with E-state index in [-0.39, 0.29) is 6.10 Å². The van der Waals surface area contributed by atoms with Crippen molar-refractivity contribution in [1.29, 1.82) is 5.26 Å². The highest BCUT2D eigenvalue weighted by atomic mass is 16.6. The van der Waals surface area contributed by atoms with Gasteiger partial charge in [0.25, 0.3) is 0 Å². The van der Waals surface area contributed by atoms with Gasteiger partial charge in [-0.2, -0.15) is 5.26 Å². The summed E-state index contributed by atoms with van der Waals surface area (Å²) in [5.74, 6) is 0. The quantitative estimate of drug-likeness (QED) is 0.668. The number of hydrogen-bond acceptors (Lipinski definition) is 3. The molecule has 2 fully saturated rings. The average Bonchev–Trinajstić information content (AvgIpc) is 3.02. The summed E-state index contributed by atoms with van der Waals surface area (Å²) in [6.07, 6.45) is 6.83. The number of nitrogens with zero attached hydrogens (tertiary/aromatic N) is 1. The summed E-state index contributed by atoms with van der Waals surface area (Å²) in [6.45, 7) is 2.98. The fraction of sp³-hybridized carbons (Fsp3) is 0.917. The summed E-state index contributed by atoms with van der Waals surface area (Å²) in [7, 11) is 0. The van der Waals surface area contributed by atoms with E-state index in [0.717, 1.165) is 45.1 Å². The van der Waals surface area contributed by atoms with E-state index in [1.165, 1.54) is 0 Å². The monoisotopic (exact) mass is 209 g/mol. The van der Waals surface area contributed by atoms with Crippen LogP contribution in [0.1, 0.15) is 45.4 Å². The van der Waals surface area contributed by atoms with Crippen LogP contribution in [0.2, 0.25) is 0 Å². The van der Waals surface area contributed by atoms with Gasteiger partial charge >= 0.3 is 0 Å². The molecule has 84 valence electrons. The standard InChI is InChI=1S/C12H19NO2/c1-10-4-2-6-12(9-13,15-10)7-3-5-11-8-14-11/h10-11H,2-8H2,1H3/t10-,11+,12-/m0/s1. The van der Waals surface area contributed by atoms with Crippen LogP contribution < -0.4 is 0 Å². The van der Waals surface area contributed by atoms with Crippen LogP contribution in [0.5, 0.6) is 0 Å². The van der Waals surface area contributed by atoms with Crippen LogP contribution in [0.25, 0.3) is 0 Å². The normalized spacial score (nSPS) is 39.7. The Morgan fingerprint density at radius 3 is 2.93 bits per heavy atom. The lowest BCUT2D eigenvalue weighted by Crippen LogP contribution is -2.38. The topological polar surface area (TPSA) is 45.5 Å². The van der Waals surface area contributed by atoms with Gasteiger partial charge in [0.2, 0.25) is 0 Å². The molecule has 0 radical (unpaired) electrons. The molecule has 2 aliphatic rings. The minimum atomic E-state index is -0.493. The van der Waals surface area contributed by atoms with Gasteiger partial charge in [-0.05, 0) is 45.4 Å². The van der Waals surface area contributed by atoms with E-state index in [4.69, 9.17) is 9.47 Å². The zero-order chi connectivity index (χ0) is 10.7. The van der Waals surface area contributed by atoms with Crippen molar-refractivity contribution < 1.29 is 9.47 Å². The fourth-order valence-corrected chi connectivity index (χ4v) is 2.35. The molecule has 0 unspecified atom stereocenters. The third-order valence-electron chi connectivity index (χ3n) is 3.33. The molecule has 2 saturated heterocycles. The van der Waals surface area contributed by atoms with Gasteiger partial charge in [-0.15, -0.1) is 0 Å². The first-order chi connectivity index (χ1) is 7.24. The SMILES string of the molecule is C[C@H]1CCC[C@@](C#N)(CCC[C@@H]2CO2)O1. The highest BCUT2D eigenvalue weighted by Gasteiger charge is 2.36. The first-order valence-corrected chi connectivity index (χ1v) is 5.95. The summed E-state index contributed by atoms with van der Waals surface area (Å²) in [6, 6.07) is 2.38. The van der Waals surface area contributed by atoms with E-state index in [2.05, 4.69) is 13.0 Å². The van der Waals surface area contributed by atoms with Gasteiger partial charge in [0.05, 0.1) is 24.9 Å². The third-order valence-corrected chi connectivity index (χ3v) is 3.33. The molecule has 0 aromatic rings. The van der Waals surface area contributed by atoms with Crippen LogP contribution in [-0.4, -0.2) is 24.4 Å². The van der Waals surface area contributed by atoms with Crippen LogP contribution in [-0.2, 0) is 9.47 Å². The number of hydrogen-bond donors (Lipinski definition) is 0. The molecule has 0 saturated carbocycles. The molecule has 0 aromatic heterocycles.